The van der Waals surface area contributed by atoms with Crippen molar-refractivity contribution in [3.8, 4) is 11.4 Å². The maximum absolute atomic E-state index is 12.0. The van der Waals surface area contributed by atoms with Gasteiger partial charge in [-0.05, 0) is 60.7 Å². The second kappa shape index (κ2) is 10.2. The molecule has 1 fully saturated rings. The van der Waals surface area contributed by atoms with Crippen molar-refractivity contribution in [3.63, 3.8) is 0 Å². The number of ether oxygens (including phenoxy) is 1. The van der Waals surface area contributed by atoms with Crippen LogP contribution in [-0.4, -0.2) is 32.7 Å². The first kappa shape index (κ1) is 23.5. The molecule has 3 aromatic heterocycles. The van der Waals surface area contributed by atoms with Crippen LogP contribution in [0.15, 0.2) is 85.5 Å². The molecule has 1 saturated heterocycles. The van der Waals surface area contributed by atoms with E-state index in [4.69, 9.17) is 17.0 Å². The van der Waals surface area contributed by atoms with Crippen LogP contribution in [0.1, 0.15) is 36.8 Å². The SMILES string of the molecule is CCC(=O)Nc1ccc(N2C(=S)N[C@H](c3ccccn3)[C@@H]2c2cccn2-c2cccnc2)cc1OC. The van der Waals surface area contributed by atoms with Gasteiger partial charge in [0.1, 0.15) is 11.8 Å². The van der Waals surface area contributed by atoms with Gasteiger partial charge < -0.3 is 24.8 Å². The molecule has 0 spiro atoms. The Labute approximate surface area is 215 Å². The predicted molar refractivity (Wildman–Crippen MR) is 143 cm³/mol. The van der Waals surface area contributed by atoms with Crippen LogP contribution in [0.5, 0.6) is 5.75 Å². The Morgan fingerprint density at radius 3 is 2.72 bits per heavy atom. The molecule has 9 heteroatoms. The quantitative estimate of drug-likeness (QED) is 0.354. The monoisotopic (exact) mass is 498 g/mol. The highest BCUT2D eigenvalue weighted by atomic mass is 32.1. The fourth-order valence-corrected chi connectivity index (χ4v) is 4.82. The Kier molecular flexibility index (Phi) is 6.64. The second-order valence-electron chi connectivity index (χ2n) is 8.30. The fraction of sp³-hybridized carbons (Fsp3) is 0.185. The van der Waals surface area contributed by atoms with Gasteiger partial charge in [0, 0.05) is 42.5 Å². The second-order valence-corrected chi connectivity index (χ2v) is 8.68. The van der Waals surface area contributed by atoms with Gasteiger partial charge in [0.25, 0.3) is 0 Å². The normalized spacial score (nSPS) is 17.1. The average molecular weight is 499 g/mol. The summed E-state index contributed by atoms with van der Waals surface area (Å²) in [5.41, 5.74) is 4.30. The fourth-order valence-electron chi connectivity index (χ4n) is 4.47. The lowest BCUT2D eigenvalue weighted by Crippen LogP contribution is -2.30. The van der Waals surface area contributed by atoms with E-state index < -0.39 is 0 Å². The van der Waals surface area contributed by atoms with Crippen LogP contribution in [0.4, 0.5) is 11.4 Å². The number of nitrogens with zero attached hydrogens (tertiary/aromatic N) is 4. The largest absolute Gasteiger partial charge is 0.494 e. The number of amides is 1. The lowest BCUT2D eigenvalue weighted by atomic mass is 10.0. The van der Waals surface area contributed by atoms with Gasteiger partial charge in [0.2, 0.25) is 5.91 Å². The number of thiocarbonyl (C=S) groups is 1. The molecule has 4 aromatic rings. The lowest BCUT2D eigenvalue weighted by molar-refractivity contribution is -0.115. The van der Waals surface area contributed by atoms with Crippen molar-refractivity contribution in [2.75, 3.05) is 17.3 Å². The number of methoxy groups -OCH3 is 1. The summed E-state index contributed by atoms with van der Waals surface area (Å²) < 4.78 is 7.74. The smallest absolute Gasteiger partial charge is 0.224 e. The summed E-state index contributed by atoms with van der Waals surface area (Å²) in [5, 5.41) is 6.95. The number of hydrogen-bond donors (Lipinski definition) is 2. The van der Waals surface area contributed by atoms with E-state index in [0.29, 0.717) is 23.0 Å². The summed E-state index contributed by atoms with van der Waals surface area (Å²) in [6.07, 6.45) is 7.77. The zero-order chi connectivity index (χ0) is 25.1. The van der Waals surface area contributed by atoms with Crippen LogP contribution in [0, 0.1) is 0 Å². The van der Waals surface area contributed by atoms with Crippen molar-refractivity contribution in [2.45, 2.75) is 25.4 Å². The third-order valence-electron chi connectivity index (χ3n) is 6.16. The van der Waals surface area contributed by atoms with Gasteiger partial charge in [-0.25, -0.2) is 0 Å². The summed E-state index contributed by atoms with van der Waals surface area (Å²) >= 11 is 5.87. The zero-order valence-corrected chi connectivity index (χ0v) is 20.8. The molecule has 0 unspecified atom stereocenters. The summed E-state index contributed by atoms with van der Waals surface area (Å²) in [6, 6.07) is 19.2. The van der Waals surface area contributed by atoms with E-state index in [9.17, 15) is 4.79 Å². The minimum absolute atomic E-state index is 0.0817. The molecule has 1 aliphatic rings. The highest BCUT2D eigenvalue weighted by Crippen LogP contribution is 2.43. The average Bonchev–Trinajstić information content (AvgIpc) is 3.54. The van der Waals surface area contributed by atoms with Crippen LogP contribution in [-0.2, 0) is 4.79 Å². The van der Waals surface area contributed by atoms with E-state index in [1.807, 2.05) is 73.9 Å². The van der Waals surface area contributed by atoms with Crippen LogP contribution < -0.4 is 20.3 Å². The molecular formula is C27H26N6O2S. The van der Waals surface area contributed by atoms with Crippen molar-refractivity contribution < 1.29 is 9.53 Å². The van der Waals surface area contributed by atoms with Crippen molar-refractivity contribution in [1.82, 2.24) is 19.9 Å². The molecule has 1 aromatic carbocycles. The van der Waals surface area contributed by atoms with Gasteiger partial charge in [-0.1, -0.05) is 13.0 Å². The van der Waals surface area contributed by atoms with Crippen LogP contribution in [0.25, 0.3) is 5.69 Å². The lowest BCUT2D eigenvalue weighted by Gasteiger charge is -2.29. The molecule has 5 rings (SSSR count). The zero-order valence-electron chi connectivity index (χ0n) is 20.0. The highest BCUT2D eigenvalue weighted by molar-refractivity contribution is 7.80. The topological polar surface area (TPSA) is 84.3 Å². The molecule has 1 amide bonds. The van der Waals surface area contributed by atoms with Crippen molar-refractivity contribution in [2.24, 2.45) is 0 Å². The number of hydrogen-bond acceptors (Lipinski definition) is 5. The minimum atomic E-state index is -0.219. The first-order valence-electron chi connectivity index (χ1n) is 11.7. The Morgan fingerprint density at radius 2 is 2.00 bits per heavy atom. The standard InChI is InChI=1S/C27H26N6O2S/c1-3-24(34)30-20-12-11-18(16-23(20)35-2)33-26(25(31-27(33)36)21-9-4-5-14-29-21)22-10-7-15-32(22)19-8-6-13-28-17-19/h4-17,25-26H,3H2,1-2H3,(H,30,34)(H,31,36)/t25-,26+/m1/s1. The van der Waals surface area contributed by atoms with Crippen LogP contribution in [0.3, 0.4) is 0 Å². The Hall–Kier alpha value is -4.24. The third-order valence-corrected chi connectivity index (χ3v) is 6.48. The highest BCUT2D eigenvalue weighted by Gasteiger charge is 2.42. The number of benzene rings is 1. The van der Waals surface area contributed by atoms with Gasteiger partial charge in [0.15, 0.2) is 5.11 Å². The molecule has 0 aliphatic carbocycles. The minimum Gasteiger partial charge on any atom is -0.494 e. The first-order valence-corrected chi connectivity index (χ1v) is 12.1. The van der Waals surface area contributed by atoms with E-state index in [1.54, 1.807) is 19.5 Å². The van der Waals surface area contributed by atoms with E-state index in [2.05, 4.69) is 36.1 Å². The Balaban J connectivity index is 1.62. The van der Waals surface area contributed by atoms with Crippen molar-refractivity contribution >= 4 is 34.6 Å². The molecule has 4 heterocycles. The third kappa shape index (κ3) is 4.40. The van der Waals surface area contributed by atoms with E-state index in [0.717, 1.165) is 22.8 Å². The summed E-state index contributed by atoms with van der Waals surface area (Å²) in [6.45, 7) is 1.81. The van der Waals surface area contributed by atoms with Gasteiger partial charge in [-0.15, -0.1) is 0 Å². The molecule has 0 bridgehead atoms. The number of aromatic nitrogens is 3. The maximum Gasteiger partial charge on any atom is 0.224 e. The Bertz CT molecular complexity index is 1380. The van der Waals surface area contributed by atoms with Gasteiger partial charge in [0.05, 0.1) is 36.4 Å². The van der Waals surface area contributed by atoms with Crippen molar-refractivity contribution in [1.29, 1.82) is 0 Å². The number of carbonyl (C=O) groups is 1. The molecule has 1 aliphatic heterocycles. The maximum atomic E-state index is 12.0. The molecular weight excluding hydrogens is 472 g/mol. The van der Waals surface area contributed by atoms with E-state index in [1.165, 1.54) is 0 Å². The summed E-state index contributed by atoms with van der Waals surface area (Å²) in [7, 11) is 1.59. The van der Waals surface area contributed by atoms with Gasteiger partial charge in [-0.2, -0.15) is 0 Å². The number of anilines is 2. The number of carbonyl (C=O) groups excluding carboxylic acids is 1. The van der Waals surface area contributed by atoms with Gasteiger partial charge in [-0.3, -0.25) is 14.8 Å². The molecule has 8 nitrogen and oxygen atoms in total. The summed E-state index contributed by atoms with van der Waals surface area (Å²) in [5.74, 6) is 0.474. The number of pyridine rings is 2. The molecule has 36 heavy (non-hydrogen) atoms. The van der Waals surface area contributed by atoms with E-state index in [-0.39, 0.29) is 18.0 Å². The number of rotatable bonds is 7. The predicted octanol–water partition coefficient (Wildman–Crippen LogP) is 4.80. The summed E-state index contributed by atoms with van der Waals surface area (Å²) in [4.78, 5) is 23.0. The van der Waals surface area contributed by atoms with Crippen molar-refractivity contribution in [3.05, 3.63) is 96.8 Å². The molecule has 182 valence electrons. The Morgan fingerprint density at radius 1 is 1.11 bits per heavy atom. The molecule has 0 radical (unpaired) electrons. The molecule has 2 N–H and O–H groups in total. The van der Waals surface area contributed by atoms with Crippen LogP contribution >= 0.6 is 12.2 Å². The molecule has 0 saturated carbocycles. The van der Waals surface area contributed by atoms with Crippen LogP contribution in [0.2, 0.25) is 0 Å². The first-order chi connectivity index (χ1) is 17.6. The number of nitrogens with one attached hydrogen (secondary N) is 2. The van der Waals surface area contributed by atoms with Gasteiger partial charge >= 0.3 is 0 Å². The molecule has 2 atom stereocenters. The van der Waals surface area contributed by atoms with E-state index >= 15 is 0 Å².